The second-order valence-electron chi connectivity index (χ2n) is 4.71. The largest absolute Gasteiger partial charge is 0.309 e. The maximum absolute atomic E-state index is 3.65. The van der Waals surface area contributed by atoms with Crippen LogP contribution in [0.25, 0.3) is 0 Å². The first-order valence-corrected chi connectivity index (χ1v) is 7.50. The molecule has 1 heterocycles. The molecule has 1 atom stereocenters. The molecule has 0 bridgehead atoms. The first kappa shape index (κ1) is 13.3. The molecule has 1 aromatic heterocycles. The van der Waals surface area contributed by atoms with Crippen LogP contribution >= 0.6 is 11.3 Å². The number of hydrogen-bond donors (Lipinski definition) is 1. The minimum atomic E-state index is 0.452. The van der Waals surface area contributed by atoms with Crippen molar-refractivity contribution in [2.24, 2.45) is 0 Å². The Morgan fingerprint density at radius 3 is 2.56 bits per heavy atom. The highest BCUT2D eigenvalue weighted by Crippen LogP contribution is 2.23. The predicted molar refractivity (Wildman–Crippen MR) is 80.2 cm³/mol. The number of rotatable bonds is 6. The standard InChI is InChI=1S/C16H21NS/c1-3-10-17-15(16-5-4-11-18-16)12-14-8-6-13(2)7-9-14/h4-9,11,15,17H,3,10,12H2,1-2H3. The van der Waals surface area contributed by atoms with E-state index in [1.807, 2.05) is 11.3 Å². The highest BCUT2D eigenvalue weighted by Gasteiger charge is 2.12. The van der Waals surface area contributed by atoms with Crippen molar-refractivity contribution in [2.45, 2.75) is 32.7 Å². The van der Waals surface area contributed by atoms with Gasteiger partial charge in [-0.1, -0.05) is 42.8 Å². The lowest BCUT2D eigenvalue weighted by Gasteiger charge is -2.17. The fraction of sp³-hybridized carbons (Fsp3) is 0.375. The van der Waals surface area contributed by atoms with E-state index in [2.05, 4.69) is 60.9 Å². The van der Waals surface area contributed by atoms with Crippen molar-refractivity contribution < 1.29 is 0 Å². The van der Waals surface area contributed by atoms with Crippen molar-refractivity contribution in [3.8, 4) is 0 Å². The van der Waals surface area contributed by atoms with Crippen LogP contribution < -0.4 is 5.32 Å². The Morgan fingerprint density at radius 2 is 1.94 bits per heavy atom. The molecule has 2 heteroatoms. The number of hydrogen-bond acceptors (Lipinski definition) is 2. The van der Waals surface area contributed by atoms with Crippen LogP contribution in [0.15, 0.2) is 41.8 Å². The van der Waals surface area contributed by atoms with Crippen molar-refractivity contribution in [1.29, 1.82) is 0 Å². The Kier molecular flexibility index (Phi) is 4.97. The van der Waals surface area contributed by atoms with E-state index in [0.717, 1.165) is 13.0 Å². The molecule has 0 aliphatic carbocycles. The van der Waals surface area contributed by atoms with E-state index in [4.69, 9.17) is 0 Å². The van der Waals surface area contributed by atoms with Gasteiger partial charge in [-0.25, -0.2) is 0 Å². The summed E-state index contributed by atoms with van der Waals surface area (Å²) >= 11 is 1.84. The van der Waals surface area contributed by atoms with E-state index in [-0.39, 0.29) is 0 Å². The van der Waals surface area contributed by atoms with Gasteiger partial charge in [0.1, 0.15) is 0 Å². The zero-order valence-corrected chi connectivity index (χ0v) is 12.0. The van der Waals surface area contributed by atoms with E-state index in [1.165, 1.54) is 22.4 Å². The Hall–Kier alpha value is -1.12. The Labute approximate surface area is 114 Å². The molecule has 0 aliphatic heterocycles. The molecule has 96 valence electrons. The molecule has 0 aliphatic rings. The van der Waals surface area contributed by atoms with Gasteiger partial charge in [0.05, 0.1) is 0 Å². The van der Waals surface area contributed by atoms with Gasteiger partial charge in [-0.3, -0.25) is 0 Å². The molecule has 0 saturated carbocycles. The average molecular weight is 259 g/mol. The number of nitrogens with one attached hydrogen (secondary N) is 1. The molecule has 2 rings (SSSR count). The normalized spacial score (nSPS) is 12.6. The summed E-state index contributed by atoms with van der Waals surface area (Å²) in [6.45, 7) is 5.43. The quantitative estimate of drug-likeness (QED) is 0.813. The van der Waals surface area contributed by atoms with Crippen LogP contribution in [0.3, 0.4) is 0 Å². The van der Waals surface area contributed by atoms with Crippen LogP contribution in [-0.4, -0.2) is 6.54 Å². The molecule has 1 unspecified atom stereocenters. The second kappa shape index (κ2) is 6.72. The minimum absolute atomic E-state index is 0.452. The molecule has 1 aromatic carbocycles. The maximum atomic E-state index is 3.65. The van der Waals surface area contributed by atoms with E-state index in [9.17, 15) is 0 Å². The van der Waals surface area contributed by atoms with E-state index >= 15 is 0 Å². The predicted octanol–water partition coefficient (Wildman–Crippen LogP) is 4.34. The SMILES string of the molecule is CCCNC(Cc1ccc(C)cc1)c1cccs1. The number of thiophene rings is 1. The molecule has 1 nitrogen and oxygen atoms in total. The Morgan fingerprint density at radius 1 is 1.17 bits per heavy atom. The van der Waals surface area contributed by atoms with Crippen LogP contribution in [-0.2, 0) is 6.42 Å². The van der Waals surface area contributed by atoms with Crippen molar-refractivity contribution in [3.63, 3.8) is 0 Å². The van der Waals surface area contributed by atoms with Gasteiger partial charge in [0.2, 0.25) is 0 Å². The first-order chi connectivity index (χ1) is 8.79. The van der Waals surface area contributed by atoms with E-state index < -0.39 is 0 Å². The third-order valence-corrected chi connectivity index (χ3v) is 4.07. The van der Waals surface area contributed by atoms with E-state index in [0.29, 0.717) is 6.04 Å². The van der Waals surface area contributed by atoms with Crippen LogP contribution in [0, 0.1) is 6.92 Å². The zero-order chi connectivity index (χ0) is 12.8. The van der Waals surface area contributed by atoms with Gasteiger partial charge in [-0.05, 0) is 43.3 Å². The summed E-state index contributed by atoms with van der Waals surface area (Å²) in [4.78, 5) is 1.43. The molecule has 0 fully saturated rings. The molecule has 1 N–H and O–H groups in total. The highest BCUT2D eigenvalue weighted by atomic mass is 32.1. The van der Waals surface area contributed by atoms with Crippen LogP contribution in [0.4, 0.5) is 0 Å². The smallest absolute Gasteiger partial charge is 0.0455 e. The fourth-order valence-electron chi connectivity index (χ4n) is 2.04. The summed E-state index contributed by atoms with van der Waals surface area (Å²) in [5.74, 6) is 0. The number of aryl methyl sites for hydroxylation is 1. The zero-order valence-electron chi connectivity index (χ0n) is 11.1. The highest BCUT2D eigenvalue weighted by molar-refractivity contribution is 7.10. The first-order valence-electron chi connectivity index (χ1n) is 6.62. The molecule has 0 saturated heterocycles. The van der Waals surface area contributed by atoms with Crippen LogP contribution in [0.5, 0.6) is 0 Å². The second-order valence-corrected chi connectivity index (χ2v) is 5.69. The van der Waals surface area contributed by atoms with Gasteiger partial charge in [0, 0.05) is 10.9 Å². The Bertz CT molecular complexity index is 444. The number of benzene rings is 1. The topological polar surface area (TPSA) is 12.0 Å². The summed E-state index contributed by atoms with van der Waals surface area (Å²) in [5, 5.41) is 5.80. The molecule has 2 aromatic rings. The average Bonchev–Trinajstić information content (AvgIpc) is 2.90. The third kappa shape index (κ3) is 3.69. The van der Waals surface area contributed by atoms with Gasteiger partial charge < -0.3 is 5.32 Å². The summed E-state index contributed by atoms with van der Waals surface area (Å²) in [7, 11) is 0. The molecule has 18 heavy (non-hydrogen) atoms. The molecule has 0 amide bonds. The maximum Gasteiger partial charge on any atom is 0.0455 e. The van der Waals surface area contributed by atoms with Crippen LogP contribution in [0.1, 0.15) is 35.4 Å². The van der Waals surface area contributed by atoms with Crippen molar-refractivity contribution >= 4 is 11.3 Å². The van der Waals surface area contributed by atoms with Crippen molar-refractivity contribution in [2.75, 3.05) is 6.54 Å². The minimum Gasteiger partial charge on any atom is -0.309 e. The molecule has 0 spiro atoms. The molecular weight excluding hydrogens is 238 g/mol. The third-order valence-electron chi connectivity index (χ3n) is 3.09. The lowest BCUT2D eigenvalue weighted by molar-refractivity contribution is 0.536. The summed E-state index contributed by atoms with van der Waals surface area (Å²) in [5.41, 5.74) is 2.73. The van der Waals surface area contributed by atoms with Gasteiger partial charge in [0.25, 0.3) is 0 Å². The van der Waals surface area contributed by atoms with Crippen molar-refractivity contribution in [3.05, 3.63) is 57.8 Å². The van der Waals surface area contributed by atoms with Crippen molar-refractivity contribution in [1.82, 2.24) is 5.32 Å². The lowest BCUT2D eigenvalue weighted by Crippen LogP contribution is -2.23. The fourth-order valence-corrected chi connectivity index (χ4v) is 2.84. The summed E-state index contributed by atoms with van der Waals surface area (Å²) < 4.78 is 0. The van der Waals surface area contributed by atoms with Gasteiger partial charge in [-0.15, -0.1) is 11.3 Å². The summed E-state index contributed by atoms with van der Waals surface area (Å²) in [6.07, 6.45) is 2.25. The Balaban J connectivity index is 2.07. The summed E-state index contributed by atoms with van der Waals surface area (Å²) in [6, 6.07) is 13.7. The van der Waals surface area contributed by atoms with E-state index in [1.54, 1.807) is 0 Å². The lowest BCUT2D eigenvalue weighted by atomic mass is 10.0. The van der Waals surface area contributed by atoms with Crippen LogP contribution in [0.2, 0.25) is 0 Å². The molecule has 0 radical (unpaired) electrons. The van der Waals surface area contributed by atoms with Gasteiger partial charge >= 0.3 is 0 Å². The molecular formula is C16H21NS. The van der Waals surface area contributed by atoms with Gasteiger partial charge in [0.15, 0.2) is 0 Å². The van der Waals surface area contributed by atoms with Gasteiger partial charge in [-0.2, -0.15) is 0 Å². The monoisotopic (exact) mass is 259 g/mol.